The van der Waals surface area contributed by atoms with Gasteiger partial charge in [0.05, 0.1) is 21.7 Å². The van der Waals surface area contributed by atoms with Crippen LogP contribution in [0.4, 0.5) is 43.4 Å². The van der Waals surface area contributed by atoms with Gasteiger partial charge in [0, 0.05) is 35.0 Å². The zero-order valence-corrected chi connectivity index (χ0v) is 15.4. The molecule has 13 heteroatoms. The van der Waals surface area contributed by atoms with E-state index in [2.05, 4.69) is 10.3 Å². The zero-order chi connectivity index (χ0) is 23.8. The number of non-ortho nitro benzene ring substituents is 1. The molecule has 7 nitrogen and oxygen atoms in total. The van der Waals surface area contributed by atoms with Gasteiger partial charge in [-0.3, -0.25) is 24.7 Å². The van der Waals surface area contributed by atoms with Crippen molar-refractivity contribution in [3.8, 4) is 0 Å². The first-order valence-corrected chi connectivity index (χ1v) is 8.47. The Labute approximate surface area is 173 Å². The minimum absolute atomic E-state index is 0.0197. The molecule has 1 heterocycles. The Morgan fingerprint density at radius 3 is 2.00 bits per heavy atom. The third-order valence-corrected chi connectivity index (χ3v) is 4.24. The van der Waals surface area contributed by atoms with Crippen molar-refractivity contribution in [2.75, 3.05) is 5.32 Å². The lowest BCUT2D eigenvalue weighted by Crippen LogP contribution is -2.26. The fourth-order valence-electron chi connectivity index (χ4n) is 2.85. The molecule has 0 aliphatic rings. The van der Waals surface area contributed by atoms with Gasteiger partial charge >= 0.3 is 12.4 Å². The van der Waals surface area contributed by atoms with E-state index in [4.69, 9.17) is 0 Å². The highest BCUT2D eigenvalue weighted by Crippen LogP contribution is 2.37. The quantitative estimate of drug-likeness (QED) is 0.239. The smallest absolute Gasteiger partial charge is 0.353 e. The van der Waals surface area contributed by atoms with E-state index in [1.54, 1.807) is 0 Å². The Morgan fingerprint density at radius 2 is 1.47 bits per heavy atom. The number of fused-ring (bicyclic) bond motifs is 1. The average Bonchev–Trinajstić information content (AvgIpc) is 2.72. The van der Waals surface area contributed by atoms with E-state index < -0.39 is 56.6 Å². The van der Waals surface area contributed by atoms with Crippen LogP contribution in [0.1, 0.15) is 20.7 Å². The summed E-state index contributed by atoms with van der Waals surface area (Å²) >= 11 is 0. The van der Waals surface area contributed by atoms with Crippen molar-refractivity contribution in [3.63, 3.8) is 0 Å². The minimum Gasteiger partial charge on any atom is -0.353 e. The summed E-state index contributed by atoms with van der Waals surface area (Å²) in [6.45, 7) is 0. The molecule has 0 unspecified atom stereocenters. The van der Waals surface area contributed by atoms with E-state index in [1.807, 2.05) is 0 Å². The molecule has 0 atom stereocenters. The number of halogens is 6. The molecule has 0 fully saturated rings. The average molecular weight is 457 g/mol. The molecule has 166 valence electrons. The summed E-state index contributed by atoms with van der Waals surface area (Å²) in [6.07, 6.45) is -9.85. The number of rotatable bonds is 5. The molecule has 0 aliphatic heterocycles. The third-order valence-electron chi connectivity index (χ3n) is 4.24. The van der Waals surface area contributed by atoms with E-state index in [1.165, 1.54) is 0 Å². The monoisotopic (exact) mass is 457 g/mol. The van der Waals surface area contributed by atoms with Gasteiger partial charge < -0.3 is 5.32 Å². The summed E-state index contributed by atoms with van der Waals surface area (Å²) in [4.78, 5) is 37.7. The molecule has 0 amide bonds. The van der Waals surface area contributed by atoms with Gasteiger partial charge in [0.1, 0.15) is 0 Å². The van der Waals surface area contributed by atoms with Gasteiger partial charge in [-0.1, -0.05) is 6.07 Å². The fraction of sp³-hybridized carbons (Fsp3) is 0.105. The molecule has 0 radical (unpaired) electrons. The number of alkyl halides is 6. The number of carbonyl (C=O) groups excluding carboxylic acids is 2. The summed E-state index contributed by atoms with van der Waals surface area (Å²) in [6, 6.07) is 6.67. The summed E-state index contributed by atoms with van der Waals surface area (Å²) in [5.41, 5.74) is -3.92. The van der Waals surface area contributed by atoms with Crippen LogP contribution in [0.2, 0.25) is 0 Å². The molecule has 3 aromatic rings. The Morgan fingerprint density at radius 1 is 0.906 bits per heavy atom. The predicted molar refractivity (Wildman–Crippen MR) is 98.9 cm³/mol. The second kappa shape index (κ2) is 7.90. The SMILES string of the molecule is O=C(c1cc(C(=O)C(F)(F)F)c2cccnc2c1Nc1ccc([N+](=O)[O-])cc1)C(F)(F)F. The largest absolute Gasteiger partial charge is 0.454 e. The molecule has 0 bridgehead atoms. The molecule has 3 rings (SSSR count). The van der Waals surface area contributed by atoms with Gasteiger partial charge in [-0.15, -0.1) is 0 Å². The highest BCUT2D eigenvalue weighted by molar-refractivity contribution is 6.18. The van der Waals surface area contributed by atoms with E-state index in [0.717, 1.165) is 42.6 Å². The van der Waals surface area contributed by atoms with Gasteiger partial charge in [0.2, 0.25) is 0 Å². The van der Waals surface area contributed by atoms with Gasteiger partial charge in [-0.25, -0.2) is 0 Å². The zero-order valence-electron chi connectivity index (χ0n) is 15.4. The van der Waals surface area contributed by atoms with Crippen molar-refractivity contribution in [1.29, 1.82) is 0 Å². The maximum absolute atomic E-state index is 13.2. The predicted octanol–water partition coefficient (Wildman–Crippen LogP) is 5.38. The lowest BCUT2D eigenvalue weighted by molar-refractivity contribution is -0.384. The van der Waals surface area contributed by atoms with Crippen molar-refractivity contribution in [3.05, 3.63) is 69.9 Å². The van der Waals surface area contributed by atoms with E-state index in [0.29, 0.717) is 0 Å². The molecule has 1 N–H and O–H groups in total. The second-order valence-electron chi connectivity index (χ2n) is 6.33. The first kappa shape index (κ1) is 22.7. The Bertz CT molecular complexity index is 1240. The Balaban J connectivity index is 2.29. The number of nitrogens with zero attached hydrogens (tertiary/aromatic N) is 2. The molecular formula is C19H9F6N3O4. The van der Waals surface area contributed by atoms with Crippen LogP contribution in [0.25, 0.3) is 10.9 Å². The summed E-state index contributed by atoms with van der Waals surface area (Å²) in [7, 11) is 0. The van der Waals surface area contributed by atoms with Crippen molar-refractivity contribution in [2.24, 2.45) is 0 Å². The molecule has 0 saturated heterocycles. The number of carbonyl (C=O) groups is 2. The summed E-state index contributed by atoms with van der Waals surface area (Å²) < 4.78 is 78.6. The molecule has 1 aromatic heterocycles. The highest BCUT2D eigenvalue weighted by atomic mass is 19.4. The van der Waals surface area contributed by atoms with Crippen molar-refractivity contribution >= 4 is 39.5 Å². The second-order valence-corrected chi connectivity index (χ2v) is 6.33. The van der Waals surface area contributed by atoms with E-state index >= 15 is 0 Å². The lowest BCUT2D eigenvalue weighted by atomic mass is 9.96. The van der Waals surface area contributed by atoms with Crippen LogP contribution in [-0.2, 0) is 0 Å². The van der Waals surface area contributed by atoms with Crippen molar-refractivity contribution in [2.45, 2.75) is 12.4 Å². The number of pyridine rings is 1. The van der Waals surface area contributed by atoms with Crippen molar-refractivity contribution in [1.82, 2.24) is 4.98 Å². The van der Waals surface area contributed by atoms with Crippen LogP contribution >= 0.6 is 0 Å². The van der Waals surface area contributed by atoms with Crippen LogP contribution in [0.3, 0.4) is 0 Å². The lowest BCUT2D eigenvalue weighted by Gasteiger charge is -2.18. The number of hydrogen-bond donors (Lipinski definition) is 1. The van der Waals surface area contributed by atoms with Gasteiger partial charge in [0.25, 0.3) is 17.3 Å². The number of benzene rings is 2. The summed E-state index contributed by atoms with van der Waals surface area (Å²) in [5, 5.41) is 12.8. The van der Waals surface area contributed by atoms with E-state index in [-0.39, 0.29) is 17.4 Å². The van der Waals surface area contributed by atoms with Crippen LogP contribution in [0.15, 0.2) is 48.7 Å². The molecule has 0 spiro atoms. The first-order chi connectivity index (χ1) is 14.8. The molecule has 2 aromatic carbocycles. The number of nitro groups is 1. The topological polar surface area (TPSA) is 102 Å². The van der Waals surface area contributed by atoms with E-state index in [9.17, 15) is 46.0 Å². The normalized spacial score (nSPS) is 11.9. The minimum atomic E-state index is -5.48. The van der Waals surface area contributed by atoms with Gasteiger partial charge in [-0.2, -0.15) is 26.3 Å². The number of nitro benzene ring substituents is 1. The maximum Gasteiger partial charge on any atom is 0.454 e. The Kier molecular flexibility index (Phi) is 5.60. The Hall–Kier alpha value is -4.03. The maximum atomic E-state index is 13.2. The fourth-order valence-corrected chi connectivity index (χ4v) is 2.85. The molecule has 32 heavy (non-hydrogen) atoms. The highest BCUT2D eigenvalue weighted by Gasteiger charge is 2.44. The van der Waals surface area contributed by atoms with Gasteiger partial charge in [-0.05, 0) is 24.3 Å². The van der Waals surface area contributed by atoms with Crippen LogP contribution < -0.4 is 5.32 Å². The van der Waals surface area contributed by atoms with Crippen LogP contribution in [0.5, 0.6) is 0 Å². The number of aromatic nitrogens is 1. The van der Waals surface area contributed by atoms with Crippen LogP contribution in [0, 0.1) is 10.1 Å². The van der Waals surface area contributed by atoms with Crippen LogP contribution in [-0.4, -0.2) is 33.8 Å². The number of anilines is 2. The number of ketones is 2. The molecule has 0 saturated carbocycles. The number of nitrogens with one attached hydrogen (secondary N) is 1. The van der Waals surface area contributed by atoms with Gasteiger partial charge in [0.15, 0.2) is 0 Å². The number of hydrogen-bond acceptors (Lipinski definition) is 6. The number of Topliss-reactive ketones (excluding diaryl/α,β-unsaturated/α-hetero) is 2. The van der Waals surface area contributed by atoms with Crippen molar-refractivity contribution < 1.29 is 40.9 Å². The molecular weight excluding hydrogens is 448 g/mol. The summed E-state index contributed by atoms with van der Waals surface area (Å²) in [5.74, 6) is -4.96. The first-order valence-electron chi connectivity index (χ1n) is 8.47. The molecule has 0 aliphatic carbocycles. The third kappa shape index (κ3) is 4.36. The standard InChI is InChI=1S/C19H9F6N3O4/c20-18(21,22)16(29)12-8-13(17(30)19(23,24)25)15(14-11(12)2-1-7-26-14)27-9-3-5-10(6-4-9)28(31)32/h1-8,27H.